The van der Waals surface area contributed by atoms with Crippen LogP contribution in [0.25, 0.3) is 0 Å². The molecule has 0 saturated carbocycles. The molecule has 1 aliphatic heterocycles. The van der Waals surface area contributed by atoms with Crippen LogP contribution in [-0.4, -0.2) is 44.4 Å². The first-order chi connectivity index (χ1) is 15.1. The maximum Gasteiger partial charge on any atom is 0.387 e. The minimum absolute atomic E-state index is 0.0781. The third kappa shape index (κ3) is 5.32. The first-order valence-electron chi connectivity index (χ1n) is 10.1. The summed E-state index contributed by atoms with van der Waals surface area (Å²) >= 11 is 0. The van der Waals surface area contributed by atoms with Crippen molar-refractivity contribution in [2.24, 2.45) is 0 Å². The van der Waals surface area contributed by atoms with Crippen LogP contribution in [0.1, 0.15) is 43.6 Å². The van der Waals surface area contributed by atoms with E-state index in [0.29, 0.717) is 16.9 Å². The van der Waals surface area contributed by atoms with E-state index in [1.54, 1.807) is 45.9 Å². The smallest absolute Gasteiger partial charge is 0.387 e. The molecule has 0 fully saturated rings. The average molecular weight is 481 g/mol. The van der Waals surface area contributed by atoms with Crippen molar-refractivity contribution in [3.05, 3.63) is 53.6 Å². The van der Waals surface area contributed by atoms with Gasteiger partial charge in [-0.3, -0.25) is 14.5 Å². The molecule has 178 valence electrons. The van der Waals surface area contributed by atoms with Gasteiger partial charge in [-0.15, -0.1) is 0 Å². The van der Waals surface area contributed by atoms with Gasteiger partial charge in [0, 0.05) is 23.4 Å². The van der Waals surface area contributed by atoms with Crippen LogP contribution in [0.2, 0.25) is 0 Å². The molecule has 0 unspecified atom stereocenters. The predicted octanol–water partition coefficient (Wildman–Crippen LogP) is 3.80. The molecule has 2 aromatic rings. The molecule has 0 spiro atoms. The van der Waals surface area contributed by atoms with Gasteiger partial charge in [-0.2, -0.15) is 8.78 Å². The normalized spacial score (nSPS) is 15.5. The van der Waals surface area contributed by atoms with Gasteiger partial charge in [-0.1, -0.05) is 6.07 Å². The number of fused-ring (bicyclic) bond motifs is 1. The third-order valence-electron chi connectivity index (χ3n) is 5.29. The number of hydrogen-bond acceptors (Lipinski definition) is 5. The molecule has 0 aromatic heterocycles. The molecule has 1 aliphatic rings. The topological polar surface area (TPSA) is 92.8 Å². The maximum atomic E-state index is 13.3. The lowest BCUT2D eigenvalue weighted by Crippen LogP contribution is -2.48. The Morgan fingerprint density at radius 3 is 2.45 bits per heavy atom. The fraction of sp³-hybridized carbons (Fsp3) is 0.391. The van der Waals surface area contributed by atoms with E-state index in [9.17, 15) is 26.8 Å². The Hall–Kier alpha value is -3.01. The van der Waals surface area contributed by atoms with E-state index >= 15 is 0 Å². The largest absolute Gasteiger partial charge is 0.435 e. The summed E-state index contributed by atoms with van der Waals surface area (Å²) in [6.45, 7) is 3.66. The molecule has 2 amide bonds. The molecule has 33 heavy (non-hydrogen) atoms. The van der Waals surface area contributed by atoms with E-state index in [-0.39, 0.29) is 23.0 Å². The number of sulfone groups is 1. The van der Waals surface area contributed by atoms with E-state index < -0.39 is 33.3 Å². The van der Waals surface area contributed by atoms with Gasteiger partial charge in [0.2, 0.25) is 5.91 Å². The molecule has 1 N–H and O–H groups in total. The van der Waals surface area contributed by atoms with Crippen LogP contribution < -0.4 is 15.0 Å². The lowest BCUT2D eigenvalue weighted by molar-refractivity contribution is -0.121. The number of benzene rings is 2. The summed E-state index contributed by atoms with van der Waals surface area (Å²) < 4.78 is 53.0. The first kappa shape index (κ1) is 24.6. The molecule has 1 heterocycles. The van der Waals surface area contributed by atoms with E-state index in [0.717, 1.165) is 6.26 Å². The summed E-state index contributed by atoms with van der Waals surface area (Å²) in [6.07, 6.45) is 1.10. The molecule has 0 aliphatic carbocycles. The fourth-order valence-corrected chi connectivity index (χ4v) is 5.39. The molecule has 0 bridgehead atoms. The molecule has 0 atom stereocenters. The van der Waals surface area contributed by atoms with Crippen molar-refractivity contribution in [1.29, 1.82) is 0 Å². The lowest BCUT2D eigenvalue weighted by atomic mass is 9.85. The summed E-state index contributed by atoms with van der Waals surface area (Å²) in [4.78, 5) is 27.5. The number of halogens is 2. The van der Waals surface area contributed by atoms with E-state index in [1.165, 1.54) is 29.2 Å². The summed E-state index contributed by atoms with van der Waals surface area (Å²) in [7, 11) is -3.32. The number of carbonyl (C=O) groups is 2. The number of rotatable bonds is 7. The van der Waals surface area contributed by atoms with Crippen LogP contribution >= 0.6 is 0 Å². The molecular formula is C23H26F2N2O5S. The Bertz CT molecular complexity index is 1210. The zero-order valence-corrected chi connectivity index (χ0v) is 19.8. The lowest BCUT2D eigenvalue weighted by Gasteiger charge is -2.25. The van der Waals surface area contributed by atoms with E-state index in [1.807, 2.05) is 0 Å². The Labute approximate surface area is 191 Å². The zero-order chi connectivity index (χ0) is 24.8. The molecule has 10 heteroatoms. The molecule has 0 saturated heterocycles. The number of nitrogens with one attached hydrogen (secondary N) is 1. The van der Waals surface area contributed by atoms with Crippen molar-refractivity contribution in [3.8, 4) is 5.75 Å². The zero-order valence-electron chi connectivity index (χ0n) is 19.0. The van der Waals surface area contributed by atoms with Crippen molar-refractivity contribution >= 4 is 33.0 Å². The Kier molecular flexibility index (Phi) is 6.27. The molecular weight excluding hydrogens is 454 g/mol. The monoisotopic (exact) mass is 480 g/mol. The van der Waals surface area contributed by atoms with Gasteiger partial charge in [0.05, 0.1) is 22.5 Å². The fourth-order valence-electron chi connectivity index (χ4n) is 4.00. The Morgan fingerprint density at radius 1 is 1.18 bits per heavy atom. The number of alkyl halides is 2. The second-order valence-electron chi connectivity index (χ2n) is 9.28. The Morgan fingerprint density at radius 2 is 1.85 bits per heavy atom. The van der Waals surface area contributed by atoms with Crippen molar-refractivity contribution in [1.82, 2.24) is 5.32 Å². The number of carbonyl (C=O) groups excluding carboxylic acids is 2. The van der Waals surface area contributed by atoms with Crippen molar-refractivity contribution in [2.75, 3.05) is 16.9 Å². The van der Waals surface area contributed by atoms with Crippen LogP contribution in [0.5, 0.6) is 5.75 Å². The summed E-state index contributed by atoms with van der Waals surface area (Å²) in [5, 5.41) is 2.72. The highest BCUT2D eigenvalue weighted by atomic mass is 32.2. The average Bonchev–Trinajstić information content (AvgIpc) is 2.85. The number of nitrogens with zero attached hydrogens (tertiary/aromatic N) is 1. The SMILES string of the molecule is CC(C)(CS(C)(=O)=O)NC(=O)c1ccc2c(c1)C(C)(C)C(=O)N2c1cccc(OC(F)F)c1. The maximum absolute atomic E-state index is 13.3. The van der Waals surface area contributed by atoms with E-state index in [4.69, 9.17) is 0 Å². The standard InChI is InChI=1S/C23H26F2N2O5S/c1-22(2,13-33(5,30)31)26-19(28)14-9-10-18-17(11-14)23(3,4)20(29)27(18)15-7-6-8-16(12-15)32-21(24)25/h6-12,21H,13H2,1-5H3,(H,26,28). The highest BCUT2D eigenvalue weighted by Gasteiger charge is 2.45. The van der Waals surface area contributed by atoms with Crippen LogP contribution in [0.3, 0.4) is 0 Å². The molecule has 2 aromatic carbocycles. The number of hydrogen-bond donors (Lipinski definition) is 1. The Balaban J connectivity index is 1.96. The van der Waals surface area contributed by atoms with Crippen molar-refractivity contribution in [2.45, 2.75) is 45.3 Å². The van der Waals surface area contributed by atoms with Crippen LogP contribution in [0.4, 0.5) is 20.2 Å². The van der Waals surface area contributed by atoms with Crippen LogP contribution in [0, 0.1) is 0 Å². The van der Waals surface area contributed by atoms with Crippen LogP contribution in [0.15, 0.2) is 42.5 Å². The quantitative estimate of drug-likeness (QED) is 0.651. The number of ether oxygens (including phenoxy) is 1. The first-order valence-corrected chi connectivity index (χ1v) is 12.2. The van der Waals surface area contributed by atoms with E-state index in [2.05, 4.69) is 10.1 Å². The van der Waals surface area contributed by atoms with Gasteiger partial charge >= 0.3 is 6.61 Å². The highest BCUT2D eigenvalue weighted by Crippen LogP contribution is 2.46. The molecule has 0 radical (unpaired) electrons. The molecule has 3 rings (SSSR count). The highest BCUT2D eigenvalue weighted by molar-refractivity contribution is 7.90. The second kappa shape index (κ2) is 8.40. The van der Waals surface area contributed by atoms with Gasteiger partial charge in [0.15, 0.2) is 0 Å². The van der Waals surface area contributed by atoms with Gasteiger partial charge in [0.25, 0.3) is 5.91 Å². The molecule has 7 nitrogen and oxygen atoms in total. The van der Waals surface area contributed by atoms with Gasteiger partial charge < -0.3 is 10.1 Å². The van der Waals surface area contributed by atoms with Crippen LogP contribution in [-0.2, 0) is 20.0 Å². The minimum atomic E-state index is -3.32. The summed E-state index contributed by atoms with van der Waals surface area (Å²) in [5.74, 6) is -1.07. The summed E-state index contributed by atoms with van der Waals surface area (Å²) in [6, 6.07) is 10.6. The number of anilines is 2. The van der Waals surface area contributed by atoms with Crippen molar-refractivity contribution < 1.29 is 31.5 Å². The number of amides is 2. The predicted molar refractivity (Wildman–Crippen MR) is 121 cm³/mol. The van der Waals surface area contributed by atoms with Gasteiger partial charge in [-0.25, -0.2) is 8.42 Å². The van der Waals surface area contributed by atoms with Gasteiger partial charge in [0.1, 0.15) is 15.6 Å². The minimum Gasteiger partial charge on any atom is -0.435 e. The van der Waals surface area contributed by atoms with Gasteiger partial charge in [-0.05, 0) is 63.6 Å². The summed E-state index contributed by atoms with van der Waals surface area (Å²) in [5.41, 5.74) is -0.253. The van der Waals surface area contributed by atoms with Crippen molar-refractivity contribution in [3.63, 3.8) is 0 Å². The third-order valence-corrected chi connectivity index (χ3v) is 6.53. The second-order valence-corrected chi connectivity index (χ2v) is 11.4.